The van der Waals surface area contributed by atoms with E-state index in [4.69, 9.17) is 23.3 Å². The second-order valence-corrected chi connectivity index (χ2v) is 21.9. The molecular weight excluding hydrogens is 1050 g/mol. The van der Waals surface area contributed by atoms with E-state index < -0.39 is 57.8 Å². The molecule has 0 aliphatic carbocycles. The SMILES string of the molecule is CC/C=C\C/C=C\C/C=C\C/C=C\C/C=C\CCCCCC(=O)OC(COC(=O)CCC/C=C\C/C=C\C/C=C\C/C=C\C/C=C\CC)COP(=O)(O)OCC(CO)OC(=O)CCCCCCCCCCC/C=C\C/C=C\CCCCC. The van der Waals surface area contributed by atoms with Gasteiger partial charge in [-0.25, -0.2) is 4.57 Å². The summed E-state index contributed by atoms with van der Waals surface area (Å²) in [5, 5.41) is 9.86. The van der Waals surface area contributed by atoms with Crippen LogP contribution in [0.2, 0.25) is 0 Å². The molecule has 0 bridgehead atoms. The number of carbonyl (C=O) groups excluding carboxylic acids is 3. The van der Waals surface area contributed by atoms with Gasteiger partial charge in [-0.2, -0.15) is 0 Å². The highest BCUT2D eigenvalue weighted by molar-refractivity contribution is 7.47. The van der Waals surface area contributed by atoms with Gasteiger partial charge in [0.1, 0.15) is 12.7 Å². The van der Waals surface area contributed by atoms with E-state index in [1.165, 1.54) is 57.8 Å². The standard InChI is InChI=1S/C70H113O11P/c1-4-7-10-13-16-19-22-25-28-31-33-36-39-42-45-48-51-54-57-60-69(73)80-66(62-71)64-78-82(75,76)79-65-67(63-77-68(72)59-56-53-50-47-44-41-38-35-30-27-24-21-18-15-12-9-6-3)81-70(74)61-58-55-52-49-46-43-40-37-34-32-29-26-23-20-17-14-11-8-5-2/h8-9,11-12,16-21,25-30,34,37-38,41,43,46-47,50,66-67,71H,4-7,10,13-15,22-24,31-33,35-36,39-40,42,44-45,48-49,51-65H2,1-3H3,(H,75,76)/b11-8-,12-9-,19-16-,20-17-,21-18-,28-25-,29-26-,30-27-,37-34-,41-38-,46-43-,50-47-. The summed E-state index contributed by atoms with van der Waals surface area (Å²) >= 11 is 0. The molecule has 0 aromatic carbocycles. The molecule has 464 valence electrons. The summed E-state index contributed by atoms with van der Waals surface area (Å²) in [7, 11) is -4.79. The molecule has 0 aromatic rings. The maximum absolute atomic E-state index is 13.0. The van der Waals surface area contributed by atoms with Crippen molar-refractivity contribution in [2.75, 3.05) is 26.4 Å². The van der Waals surface area contributed by atoms with E-state index in [-0.39, 0.29) is 25.9 Å². The minimum atomic E-state index is -4.79. The van der Waals surface area contributed by atoms with Gasteiger partial charge >= 0.3 is 25.7 Å². The fourth-order valence-corrected chi connectivity index (χ4v) is 8.76. The third kappa shape index (κ3) is 60.0. The third-order valence-corrected chi connectivity index (χ3v) is 13.7. The zero-order chi connectivity index (χ0) is 59.8. The monoisotopic (exact) mass is 1160 g/mol. The van der Waals surface area contributed by atoms with Crippen molar-refractivity contribution in [3.63, 3.8) is 0 Å². The topological polar surface area (TPSA) is 155 Å². The molecule has 0 saturated heterocycles. The van der Waals surface area contributed by atoms with Crippen molar-refractivity contribution in [3.8, 4) is 0 Å². The second-order valence-electron chi connectivity index (χ2n) is 20.5. The van der Waals surface area contributed by atoms with Crippen molar-refractivity contribution in [2.24, 2.45) is 0 Å². The number of hydrogen-bond donors (Lipinski definition) is 2. The maximum Gasteiger partial charge on any atom is 0.472 e. The molecular formula is C70H113O11P. The van der Waals surface area contributed by atoms with Gasteiger partial charge < -0.3 is 24.2 Å². The van der Waals surface area contributed by atoms with Crippen LogP contribution in [0.15, 0.2) is 146 Å². The van der Waals surface area contributed by atoms with Crippen LogP contribution in [0, 0.1) is 0 Å². The van der Waals surface area contributed by atoms with E-state index in [1.54, 1.807) is 0 Å². The molecule has 82 heavy (non-hydrogen) atoms. The molecule has 0 rings (SSSR count). The predicted molar refractivity (Wildman–Crippen MR) is 343 cm³/mol. The van der Waals surface area contributed by atoms with E-state index >= 15 is 0 Å². The fraction of sp³-hybridized carbons (Fsp3) is 0.614. The average Bonchev–Trinajstić information content (AvgIpc) is 3.50. The zero-order valence-electron chi connectivity index (χ0n) is 51.4. The number of aliphatic hydroxyl groups excluding tert-OH is 1. The number of phosphoric ester groups is 1. The molecule has 11 nitrogen and oxygen atoms in total. The molecule has 0 radical (unpaired) electrons. The lowest BCUT2D eigenvalue weighted by molar-refractivity contribution is -0.161. The Morgan fingerprint density at radius 2 is 0.646 bits per heavy atom. The minimum absolute atomic E-state index is 0.108. The van der Waals surface area contributed by atoms with Gasteiger partial charge in [-0.15, -0.1) is 0 Å². The van der Waals surface area contributed by atoms with Crippen LogP contribution in [0.4, 0.5) is 0 Å². The Bertz CT molecular complexity index is 1930. The number of unbranched alkanes of at least 4 members (excludes halogenated alkanes) is 16. The van der Waals surface area contributed by atoms with E-state index in [0.29, 0.717) is 25.7 Å². The summed E-state index contributed by atoms with van der Waals surface area (Å²) in [5.74, 6) is -1.59. The summed E-state index contributed by atoms with van der Waals surface area (Å²) in [6.45, 7) is 4.29. The van der Waals surface area contributed by atoms with E-state index in [2.05, 4.69) is 161 Å². The first-order valence-corrected chi connectivity index (χ1v) is 33.2. The van der Waals surface area contributed by atoms with Gasteiger partial charge in [0.05, 0.1) is 19.8 Å². The lowest BCUT2D eigenvalue weighted by Crippen LogP contribution is -2.30. The van der Waals surface area contributed by atoms with Crippen molar-refractivity contribution in [3.05, 3.63) is 146 Å². The highest BCUT2D eigenvalue weighted by Gasteiger charge is 2.28. The Labute approximate surface area is 499 Å². The molecule has 0 aromatic heterocycles. The number of esters is 3. The molecule has 0 aliphatic heterocycles. The van der Waals surface area contributed by atoms with E-state index in [0.717, 1.165) is 116 Å². The van der Waals surface area contributed by atoms with Gasteiger partial charge in [-0.05, 0) is 135 Å². The number of aliphatic hydroxyl groups is 1. The normalized spacial score (nSPS) is 14.3. The van der Waals surface area contributed by atoms with Crippen LogP contribution < -0.4 is 0 Å². The number of ether oxygens (including phenoxy) is 3. The Kier molecular flexibility index (Phi) is 58.9. The van der Waals surface area contributed by atoms with Crippen LogP contribution in [0.3, 0.4) is 0 Å². The Hall–Kier alpha value is -4.64. The van der Waals surface area contributed by atoms with Crippen molar-refractivity contribution in [1.29, 1.82) is 0 Å². The third-order valence-electron chi connectivity index (χ3n) is 12.7. The van der Waals surface area contributed by atoms with Gasteiger partial charge in [0, 0.05) is 19.3 Å². The summed E-state index contributed by atoms with van der Waals surface area (Å²) in [6, 6.07) is 0. The Morgan fingerprint density at radius 1 is 0.354 bits per heavy atom. The van der Waals surface area contributed by atoms with Crippen molar-refractivity contribution >= 4 is 25.7 Å². The first kappa shape index (κ1) is 77.4. The van der Waals surface area contributed by atoms with Crippen LogP contribution in [-0.2, 0) is 42.2 Å². The quantitative estimate of drug-likeness (QED) is 0.0197. The van der Waals surface area contributed by atoms with Gasteiger partial charge in [0.15, 0.2) is 6.10 Å². The fourth-order valence-electron chi connectivity index (χ4n) is 7.98. The summed E-state index contributed by atoms with van der Waals surface area (Å²) in [6.07, 6.45) is 80.9. The van der Waals surface area contributed by atoms with Crippen LogP contribution >= 0.6 is 7.82 Å². The molecule has 0 saturated carbocycles. The van der Waals surface area contributed by atoms with E-state index in [1.807, 2.05) is 6.08 Å². The molecule has 0 aliphatic rings. The van der Waals surface area contributed by atoms with Crippen LogP contribution in [0.5, 0.6) is 0 Å². The highest BCUT2D eigenvalue weighted by atomic mass is 31.2. The molecule has 0 fully saturated rings. The zero-order valence-corrected chi connectivity index (χ0v) is 52.3. The molecule has 12 heteroatoms. The van der Waals surface area contributed by atoms with Crippen LogP contribution in [-0.4, -0.2) is 66.5 Å². The molecule has 2 N–H and O–H groups in total. The lowest BCUT2D eigenvalue weighted by atomic mass is 10.1. The summed E-state index contributed by atoms with van der Waals surface area (Å²) in [4.78, 5) is 48.7. The largest absolute Gasteiger partial charge is 0.472 e. The Balaban J connectivity index is 4.83. The molecule has 0 amide bonds. The first-order valence-electron chi connectivity index (χ1n) is 31.7. The number of rotatable bonds is 57. The van der Waals surface area contributed by atoms with Crippen molar-refractivity contribution in [1.82, 2.24) is 0 Å². The predicted octanol–water partition coefficient (Wildman–Crippen LogP) is 19.5. The van der Waals surface area contributed by atoms with Crippen molar-refractivity contribution < 1.29 is 52.2 Å². The number of phosphoric acid groups is 1. The highest BCUT2D eigenvalue weighted by Crippen LogP contribution is 2.43. The second kappa shape index (κ2) is 62.4. The van der Waals surface area contributed by atoms with Crippen LogP contribution in [0.1, 0.15) is 239 Å². The molecule has 3 unspecified atom stereocenters. The van der Waals surface area contributed by atoms with Crippen molar-refractivity contribution in [2.45, 2.75) is 251 Å². The summed E-state index contributed by atoms with van der Waals surface area (Å²) < 4.78 is 39.6. The first-order chi connectivity index (χ1) is 40.2. The number of hydrogen-bond acceptors (Lipinski definition) is 10. The van der Waals surface area contributed by atoms with Gasteiger partial charge in [0.2, 0.25) is 0 Å². The Morgan fingerprint density at radius 3 is 1.02 bits per heavy atom. The number of carbonyl (C=O) groups is 3. The smallest absolute Gasteiger partial charge is 0.462 e. The number of allylic oxidation sites excluding steroid dienone is 24. The minimum Gasteiger partial charge on any atom is -0.462 e. The lowest BCUT2D eigenvalue weighted by Gasteiger charge is -2.21. The summed E-state index contributed by atoms with van der Waals surface area (Å²) in [5.41, 5.74) is 0. The van der Waals surface area contributed by atoms with Gasteiger partial charge in [-0.1, -0.05) is 231 Å². The van der Waals surface area contributed by atoms with Gasteiger partial charge in [-0.3, -0.25) is 23.4 Å². The average molecular weight is 1160 g/mol. The maximum atomic E-state index is 13.0. The van der Waals surface area contributed by atoms with Crippen LogP contribution in [0.25, 0.3) is 0 Å². The van der Waals surface area contributed by atoms with E-state index in [9.17, 15) is 28.9 Å². The molecule has 3 atom stereocenters. The molecule has 0 heterocycles. The van der Waals surface area contributed by atoms with Gasteiger partial charge in [0.25, 0.3) is 0 Å². The molecule has 0 spiro atoms.